The van der Waals surface area contributed by atoms with Crippen LogP contribution in [0.25, 0.3) is 0 Å². The van der Waals surface area contributed by atoms with Crippen molar-refractivity contribution < 1.29 is 9.47 Å². The summed E-state index contributed by atoms with van der Waals surface area (Å²) in [4.78, 5) is 0. The summed E-state index contributed by atoms with van der Waals surface area (Å²) in [6.45, 7) is 9.53. The Kier molecular flexibility index (Phi) is 6.66. The van der Waals surface area contributed by atoms with Gasteiger partial charge in [-0.15, -0.1) is 0 Å². The highest BCUT2D eigenvalue weighted by Crippen LogP contribution is 2.39. The van der Waals surface area contributed by atoms with E-state index in [4.69, 9.17) is 9.47 Å². The third-order valence-electron chi connectivity index (χ3n) is 6.55. The van der Waals surface area contributed by atoms with Gasteiger partial charge in [0.15, 0.2) is 0 Å². The molecule has 0 radical (unpaired) electrons. The molecule has 0 heterocycles. The zero-order chi connectivity index (χ0) is 18.6. The molecule has 2 nitrogen and oxygen atoms in total. The van der Waals surface area contributed by atoms with E-state index in [1.807, 2.05) is 13.8 Å². The van der Waals surface area contributed by atoms with E-state index in [1.54, 1.807) is 0 Å². The van der Waals surface area contributed by atoms with Crippen LogP contribution in [0, 0.1) is 11.8 Å². The molecule has 2 aliphatic rings. The van der Waals surface area contributed by atoms with E-state index in [0.29, 0.717) is 5.92 Å². The molecule has 2 atom stereocenters. The molecule has 26 heavy (non-hydrogen) atoms. The molecule has 0 aromatic heterocycles. The molecule has 2 aliphatic carbocycles. The Morgan fingerprint density at radius 3 is 2.58 bits per heavy atom. The molecule has 2 unspecified atom stereocenters. The number of hydrogen-bond donors (Lipinski definition) is 0. The van der Waals surface area contributed by atoms with E-state index in [-0.39, 0.29) is 0 Å². The van der Waals surface area contributed by atoms with Gasteiger partial charge in [-0.1, -0.05) is 64.9 Å². The first-order chi connectivity index (χ1) is 12.4. The van der Waals surface area contributed by atoms with Gasteiger partial charge in [-0.05, 0) is 53.9 Å². The topological polar surface area (TPSA) is 18.5 Å². The fourth-order valence-corrected chi connectivity index (χ4v) is 4.72. The van der Waals surface area contributed by atoms with Crippen molar-refractivity contribution in [2.24, 2.45) is 11.8 Å². The van der Waals surface area contributed by atoms with E-state index in [9.17, 15) is 0 Å². The third-order valence-corrected chi connectivity index (χ3v) is 6.55. The van der Waals surface area contributed by atoms with Crippen molar-refractivity contribution in [1.29, 1.82) is 0 Å². The number of fused-ring (bicyclic) bond motifs is 1. The Bertz CT molecular complexity index is 572. The molecule has 146 valence electrons. The first-order valence-corrected chi connectivity index (χ1v) is 10.9. The van der Waals surface area contributed by atoms with Crippen molar-refractivity contribution in [3.8, 4) is 5.75 Å². The molecule has 0 spiro atoms. The Morgan fingerprint density at radius 2 is 1.81 bits per heavy atom. The van der Waals surface area contributed by atoms with E-state index >= 15 is 0 Å². The lowest BCUT2D eigenvalue weighted by Gasteiger charge is -2.27. The van der Waals surface area contributed by atoms with Gasteiger partial charge < -0.3 is 9.47 Å². The first-order valence-electron chi connectivity index (χ1n) is 10.9. The lowest BCUT2D eigenvalue weighted by molar-refractivity contribution is -0.157. The van der Waals surface area contributed by atoms with Gasteiger partial charge >= 0.3 is 0 Å². The van der Waals surface area contributed by atoms with Gasteiger partial charge in [0.1, 0.15) is 5.75 Å². The SMILES string of the molecule is CC1Cc2ccc(OC(C)(C)OCCCCC3CCCCC3)cc2C1C. The number of benzene rings is 1. The third kappa shape index (κ3) is 5.25. The largest absolute Gasteiger partial charge is 0.463 e. The van der Waals surface area contributed by atoms with Crippen molar-refractivity contribution >= 4 is 0 Å². The summed E-state index contributed by atoms with van der Waals surface area (Å²) in [5, 5.41) is 0. The number of rotatable bonds is 8. The summed E-state index contributed by atoms with van der Waals surface area (Å²) >= 11 is 0. The average molecular weight is 359 g/mol. The molecule has 1 aromatic carbocycles. The van der Waals surface area contributed by atoms with Gasteiger partial charge in [0.05, 0.1) is 6.61 Å². The van der Waals surface area contributed by atoms with Gasteiger partial charge in [-0.25, -0.2) is 0 Å². The molecular weight excluding hydrogens is 320 g/mol. The van der Waals surface area contributed by atoms with Crippen LogP contribution in [0.1, 0.15) is 96.1 Å². The number of ether oxygens (including phenoxy) is 2. The van der Waals surface area contributed by atoms with Crippen LogP contribution in [0.3, 0.4) is 0 Å². The van der Waals surface area contributed by atoms with Crippen LogP contribution in [0.2, 0.25) is 0 Å². The summed E-state index contributed by atoms with van der Waals surface area (Å²) in [6, 6.07) is 6.58. The first kappa shape index (κ1) is 19.7. The second-order valence-corrected chi connectivity index (χ2v) is 9.18. The maximum Gasteiger partial charge on any atom is 0.204 e. The minimum absolute atomic E-state index is 0.563. The van der Waals surface area contributed by atoms with Crippen molar-refractivity contribution in [3.05, 3.63) is 29.3 Å². The Hall–Kier alpha value is -1.02. The van der Waals surface area contributed by atoms with E-state index in [0.717, 1.165) is 30.6 Å². The second kappa shape index (κ2) is 8.78. The van der Waals surface area contributed by atoms with Crippen LogP contribution >= 0.6 is 0 Å². The highest BCUT2D eigenvalue weighted by atomic mass is 16.7. The molecule has 1 fully saturated rings. The molecule has 0 bridgehead atoms. The molecule has 2 heteroatoms. The average Bonchev–Trinajstić information content (AvgIpc) is 2.89. The molecular formula is C24H38O2. The van der Waals surface area contributed by atoms with Gasteiger partial charge in [0.25, 0.3) is 0 Å². The van der Waals surface area contributed by atoms with Gasteiger partial charge in [-0.3, -0.25) is 0 Å². The highest BCUT2D eigenvalue weighted by molar-refractivity contribution is 5.41. The molecule has 0 saturated heterocycles. The van der Waals surface area contributed by atoms with Crippen LogP contribution in [0.4, 0.5) is 0 Å². The molecule has 3 rings (SSSR count). The summed E-state index contributed by atoms with van der Waals surface area (Å²) < 4.78 is 12.3. The zero-order valence-corrected chi connectivity index (χ0v) is 17.4. The van der Waals surface area contributed by atoms with Crippen LogP contribution in [-0.2, 0) is 11.2 Å². The fourth-order valence-electron chi connectivity index (χ4n) is 4.72. The summed E-state index contributed by atoms with van der Waals surface area (Å²) in [5.74, 6) is 2.71. The summed E-state index contributed by atoms with van der Waals surface area (Å²) in [7, 11) is 0. The Labute approximate surface area is 160 Å². The smallest absolute Gasteiger partial charge is 0.204 e. The maximum atomic E-state index is 6.18. The van der Waals surface area contributed by atoms with E-state index in [2.05, 4.69) is 32.0 Å². The Morgan fingerprint density at radius 1 is 1.04 bits per heavy atom. The quantitative estimate of drug-likeness (QED) is 0.373. The van der Waals surface area contributed by atoms with Crippen LogP contribution in [-0.4, -0.2) is 12.4 Å². The molecule has 1 saturated carbocycles. The molecule has 0 aliphatic heterocycles. The van der Waals surface area contributed by atoms with E-state index < -0.39 is 5.79 Å². The Balaban J connectivity index is 1.41. The summed E-state index contributed by atoms with van der Waals surface area (Å²) in [5.41, 5.74) is 2.94. The van der Waals surface area contributed by atoms with Crippen molar-refractivity contribution in [1.82, 2.24) is 0 Å². The van der Waals surface area contributed by atoms with Gasteiger partial charge in [0, 0.05) is 13.8 Å². The van der Waals surface area contributed by atoms with Crippen molar-refractivity contribution in [2.45, 2.75) is 97.2 Å². The minimum atomic E-state index is -0.563. The minimum Gasteiger partial charge on any atom is -0.463 e. The van der Waals surface area contributed by atoms with E-state index in [1.165, 1.54) is 62.5 Å². The van der Waals surface area contributed by atoms with Crippen molar-refractivity contribution in [2.75, 3.05) is 6.61 Å². The monoisotopic (exact) mass is 358 g/mol. The fraction of sp³-hybridized carbons (Fsp3) is 0.750. The normalized spacial score (nSPS) is 23.8. The van der Waals surface area contributed by atoms with Crippen molar-refractivity contribution in [3.63, 3.8) is 0 Å². The maximum absolute atomic E-state index is 6.18. The molecule has 0 amide bonds. The predicted octanol–water partition coefficient (Wildman–Crippen LogP) is 6.86. The molecule has 1 aromatic rings. The number of unbranched alkanes of at least 4 members (excludes halogenated alkanes) is 1. The standard InChI is InChI=1S/C24H38O2/c1-18-16-21-13-14-22(17-23(21)19(18)2)26-24(3,4)25-15-9-8-12-20-10-6-5-7-11-20/h13-14,17-20H,5-12,15-16H2,1-4H3. The zero-order valence-electron chi connectivity index (χ0n) is 17.4. The lowest BCUT2D eigenvalue weighted by Crippen LogP contribution is -2.32. The number of hydrogen-bond acceptors (Lipinski definition) is 2. The van der Waals surface area contributed by atoms with Crippen LogP contribution in [0.5, 0.6) is 5.75 Å². The predicted molar refractivity (Wildman–Crippen MR) is 109 cm³/mol. The van der Waals surface area contributed by atoms with Crippen LogP contribution < -0.4 is 4.74 Å². The molecule has 0 N–H and O–H groups in total. The lowest BCUT2D eigenvalue weighted by atomic mass is 9.86. The van der Waals surface area contributed by atoms with Gasteiger partial charge in [-0.2, -0.15) is 0 Å². The summed E-state index contributed by atoms with van der Waals surface area (Å²) in [6.07, 6.45) is 12.2. The van der Waals surface area contributed by atoms with Crippen LogP contribution in [0.15, 0.2) is 18.2 Å². The highest BCUT2D eigenvalue weighted by Gasteiger charge is 2.27. The second-order valence-electron chi connectivity index (χ2n) is 9.18. The van der Waals surface area contributed by atoms with Gasteiger partial charge in [0.2, 0.25) is 5.79 Å².